The Hall–Kier alpha value is -0.370. The minimum Gasteiger partial charge on any atom is -0.300 e. The predicted molar refractivity (Wildman–Crippen MR) is 72.8 cm³/mol. The standard InChI is InChI=1S/C15H28FN/c1-3-4-6-9-14(16)12-13-17(2)15-10-7-5-8-11-15/h12,15H,3-11,13H2,1-2H3/b14-12-. The van der Waals surface area contributed by atoms with Crippen LogP contribution in [-0.4, -0.2) is 24.5 Å². The molecule has 0 aromatic carbocycles. The highest BCUT2D eigenvalue weighted by Gasteiger charge is 2.16. The number of hydrogen-bond acceptors (Lipinski definition) is 1. The maximum absolute atomic E-state index is 13.5. The second-order valence-electron chi connectivity index (χ2n) is 5.34. The molecular formula is C15H28FN. The van der Waals surface area contributed by atoms with E-state index in [1.54, 1.807) is 6.08 Å². The first-order chi connectivity index (χ1) is 8.24. The highest BCUT2D eigenvalue weighted by molar-refractivity contribution is 4.94. The van der Waals surface area contributed by atoms with Crippen molar-refractivity contribution in [1.82, 2.24) is 4.90 Å². The van der Waals surface area contributed by atoms with Crippen LogP contribution >= 0.6 is 0 Å². The van der Waals surface area contributed by atoms with Gasteiger partial charge in [-0.1, -0.05) is 39.0 Å². The molecule has 1 nitrogen and oxygen atoms in total. The Labute approximate surface area is 106 Å². The van der Waals surface area contributed by atoms with Crippen molar-refractivity contribution >= 4 is 0 Å². The van der Waals surface area contributed by atoms with Crippen LogP contribution in [0.1, 0.15) is 64.7 Å². The highest BCUT2D eigenvalue weighted by Crippen LogP contribution is 2.21. The third-order valence-corrected chi connectivity index (χ3v) is 3.82. The first-order valence-corrected chi connectivity index (χ1v) is 7.28. The van der Waals surface area contributed by atoms with E-state index in [0.717, 1.165) is 25.8 Å². The monoisotopic (exact) mass is 241 g/mol. The van der Waals surface area contributed by atoms with Crippen LogP contribution in [-0.2, 0) is 0 Å². The maximum atomic E-state index is 13.5. The van der Waals surface area contributed by atoms with Gasteiger partial charge >= 0.3 is 0 Å². The number of hydrogen-bond donors (Lipinski definition) is 0. The lowest BCUT2D eigenvalue weighted by Gasteiger charge is -2.30. The van der Waals surface area contributed by atoms with Crippen molar-refractivity contribution < 1.29 is 4.39 Å². The lowest BCUT2D eigenvalue weighted by atomic mass is 9.94. The summed E-state index contributed by atoms with van der Waals surface area (Å²) in [4.78, 5) is 2.32. The predicted octanol–water partition coefficient (Wildman–Crippen LogP) is 4.68. The molecule has 17 heavy (non-hydrogen) atoms. The molecule has 0 aromatic heterocycles. The molecule has 0 amide bonds. The van der Waals surface area contributed by atoms with Gasteiger partial charge in [0.15, 0.2) is 0 Å². The van der Waals surface area contributed by atoms with Gasteiger partial charge in [0.25, 0.3) is 0 Å². The Bertz CT molecular complexity index is 219. The first-order valence-electron chi connectivity index (χ1n) is 7.28. The third kappa shape index (κ3) is 6.21. The van der Waals surface area contributed by atoms with Crippen molar-refractivity contribution in [2.75, 3.05) is 13.6 Å². The van der Waals surface area contributed by atoms with E-state index >= 15 is 0 Å². The fourth-order valence-electron chi connectivity index (χ4n) is 2.56. The van der Waals surface area contributed by atoms with E-state index in [4.69, 9.17) is 0 Å². The van der Waals surface area contributed by atoms with E-state index in [-0.39, 0.29) is 5.83 Å². The van der Waals surface area contributed by atoms with Crippen LogP contribution in [0.2, 0.25) is 0 Å². The molecule has 1 saturated carbocycles. The van der Waals surface area contributed by atoms with Crippen LogP contribution in [0.25, 0.3) is 0 Å². The number of rotatable bonds is 7. The molecule has 0 radical (unpaired) electrons. The van der Waals surface area contributed by atoms with E-state index in [0.29, 0.717) is 12.5 Å². The molecule has 1 rings (SSSR count). The number of unbranched alkanes of at least 4 members (excludes halogenated alkanes) is 2. The lowest BCUT2D eigenvalue weighted by molar-refractivity contribution is 0.208. The van der Waals surface area contributed by atoms with Gasteiger partial charge in [-0.2, -0.15) is 0 Å². The number of likely N-dealkylation sites (N-methyl/N-ethyl adjacent to an activating group) is 1. The van der Waals surface area contributed by atoms with Crippen molar-refractivity contribution in [2.24, 2.45) is 0 Å². The molecule has 100 valence electrons. The van der Waals surface area contributed by atoms with Crippen molar-refractivity contribution in [3.8, 4) is 0 Å². The van der Waals surface area contributed by atoms with Crippen LogP contribution in [0.4, 0.5) is 4.39 Å². The van der Waals surface area contributed by atoms with Gasteiger partial charge in [0, 0.05) is 12.6 Å². The second kappa shape index (κ2) is 8.68. The molecule has 0 bridgehead atoms. The maximum Gasteiger partial charge on any atom is 0.0972 e. The zero-order chi connectivity index (χ0) is 12.5. The molecular weight excluding hydrogens is 213 g/mol. The topological polar surface area (TPSA) is 3.24 Å². The van der Waals surface area contributed by atoms with Crippen LogP contribution in [0, 0.1) is 0 Å². The van der Waals surface area contributed by atoms with E-state index in [2.05, 4.69) is 18.9 Å². The van der Waals surface area contributed by atoms with Crippen LogP contribution in [0.15, 0.2) is 11.9 Å². The molecule has 0 aliphatic heterocycles. The molecule has 2 heteroatoms. The van der Waals surface area contributed by atoms with Crippen molar-refractivity contribution in [2.45, 2.75) is 70.8 Å². The summed E-state index contributed by atoms with van der Waals surface area (Å²) in [5.41, 5.74) is 0. The molecule has 1 aliphatic rings. The molecule has 0 aromatic rings. The summed E-state index contributed by atoms with van der Waals surface area (Å²) in [5.74, 6) is 0.0844. The Kier molecular flexibility index (Phi) is 7.50. The van der Waals surface area contributed by atoms with E-state index in [1.165, 1.54) is 32.1 Å². The van der Waals surface area contributed by atoms with E-state index < -0.39 is 0 Å². The fourth-order valence-corrected chi connectivity index (χ4v) is 2.56. The largest absolute Gasteiger partial charge is 0.300 e. The van der Waals surface area contributed by atoms with Gasteiger partial charge < -0.3 is 0 Å². The molecule has 0 atom stereocenters. The molecule has 0 saturated heterocycles. The summed E-state index contributed by atoms with van der Waals surface area (Å²) in [5, 5.41) is 0. The minimum absolute atomic E-state index is 0.0844. The van der Waals surface area contributed by atoms with Crippen LogP contribution in [0.5, 0.6) is 0 Å². The zero-order valence-corrected chi connectivity index (χ0v) is 11.6. The van der Waals surface area contributed by atoms with Gasteiger partial charge in [-0.05, 0) is 38.8 Å². The van der Waals surface area contributed by atoms with Crippen LogP contribution in [0.3, 0.4) is 0 Å². The lowest BCUT2D eigenvalue weighted by Crippen LogP contribution is -2.33. The number of nitrogens with zero attached hydrogens (tertiary/aromatic N) is 1. The Morgan fingerprint density at radius 2 is 1.94 bits per heavy atom. The average molecular weight is 241 g/mol. The van der Waals surface area contributed by atoms with Crippen molar-refractivity contribution in [1.29, 1.82) is 0 Å². The first kappa shape index (κ1) is 14.7. The normalized spacial score (nSPS) is 18.9. The molecule has 0 unspecified atom stereocenters. The van der Waals surface area contributed by atoms with Gasteiger partial charge in [-0.3, -0.25) is 4.90 Å². The molecule has 0 heterocycles. The van der Waals surface area contributed by atoms with E-state index in [9.17, 15) is 4.39 Å². The minimum atomic E-state index is 0.0844. The summed E-state index contributed by atoms with van der Waals surface area (Å²) in [6, 6.07) is 0.684. The highest BCUT2D eigenvalue weighted by atomic mass is 19.1. The number of allylic oxidation sites excluding steroid dienone is 1. The smallest absolute Gasteiger partial charge is 0.0972 e. The summed E-state index contributed by atoms with van der Waals surface area (Å²) >= 11 is 0. The molecule has 0 N–H and O–H groups in total. The number of halogens is 1. The van der Waals surface area contributed by atoms with Crippen LogP contribution < -0.4 is 0 Å². The fraction of sp³-hybridized carbons (Fsp3) is 0.867. The van der Waals surface area contributed by atoms with Gasteiger partial charge in [0.2, 0.25) is 0 Å². The summed E-state index contributed by atoms with van der Waals surface area (Å²) in [6.45, 7) is 2.93. The van der Waals surface area contributed by atoms with Gasteiger partial charge in [-0.15, -0.1) is 0 Å². The van der Waals surface area contributed by atoms with Gasteiger partial charge in [0.05, 0.1) is 5.83 Å². The van der Waals surface area contributed by atoms with Crippen molar-refractivity contribution in [3.05, 3.63) is 11.9 Å². The summed E-state index contributed by atoms with van der Waals surface area (Å²) in [7, 11) is 2.13. The molecule has 1 aliphatic carbocycles. The Morgan fingerprint density at radius 1 is 1.24 bits per heavy atom. The average Bonchev–Trinajstić information content (AvgIpc) is 2.37. The van der Waals surface area contributed by atoms with Gasteiger partial charge in [-0.25, -0.2) is 4.39 Å². The van der Waals surface area contributed by atoms with E-state index in [1.807, 2.05) is 0 Å². The van der Waals surface area contributed by atoms with Crippen molar-refractivity contribution in [3.63, 3.8) is 0 Å². The molecule has 0 spiro atoms. The SMILES string of the molecule is CCCCC/C(F)=C/CN(C)C1CCCCC1. The second-order valence-corrected chi connectivity index (χ2v) is 5.34. The molecule has 1 fully saturated rings. The zero-order valence-electron chi connectivity index (χ0n) is 11.6. The summed E-state index contributed by atoms with van der Waals surface area (Å²) in [6.07, 6.45) is 12.4. The quantitative estimate of drug-likeness (QED) is 0.585. The Balaban J connectivity index is 2.20. The third-order valence-electron chi connectivity index (χ3n) is 3.82. The van der Waals surface area contributed by atoms with Gasteiger partial charge in [0.1, 0.15) is 0 Å². The Morgan fingerprint density at radius 3 is 2.59 bits per heavy atom. The summed E-state index contributed by atoms with van der Waals surface area (Å²) < 4.78 is 13.5.